The molecule has 2 atom stereocenters. The number of thiophene rings is 1. The van der Waals surface area contributed by atoms with E-state index in [0.29, 0.717) is 17.6 Å². The smallest absolute Gasteiger partial charge is 0.131 e. The number of nitrogens with one attached hydrogen (secondary N) is 1. The minimum Gasteiger partial charge on any atom is -0.467 e. The zero-order valence-corrected chi connectivity index (χ0v) is 15.9. The second kappa shape index (κ2) is 7.32. The number of aromatic nitrogens is 1. The average Bonchev–Trinajstić information content (AvgIpc) is 3.27. The van der Waals surface area contributed by atoms with Crippen LogP contribution in [0.15, 0.2) is 28.9 Å². The maximum Gasteiger partial charge on any atom is 0.131 e. The molecule has 3 heterocycles. The van der Waals surface area contributed by atoms with Gasteiger partial charge in [0.2, 0.25) is 0 Å². The van der Waals surface area contributed by atoms with Crippen molar-refractivity contribution in [3.8, 4) is 12.3 Å². The Hall–Kier alpha value is -2.00. The van der Waals surface area contributed by atoms with Gasteiger partial charge in [0, 0.05) is 22.9 Å². The van der Waals surface area contributed by atoms with Gasteiger partial charge in [-0.1, -0.05) is 30.4 Å². The number of halogens is 1. The van der Waals surface area contributed by atoms with Crippen LogP contribution in [0.3, 0.4) is 0 Å². The van der Waals surface area contributed by atoms with Crippen LogP contribution in [0, 0.1) is 12.3 Å². The first-order valence-corrected chi connectivity index (χ1v) is 9.98. The van der Waals surface area contributed by atoms with Crippen LogP contribution in [0.25, 0.3) is 10.2 Å². The highest BCUT2D eigenvalue weighted by Gasteiger charge is 2.29. The van der Waals surface area contributed by atoms with Gasteiger partial charge in [-0.05, 0) is 25.0 Å². The van der Waals surface area contributed by atoms with Gasteiger partial charge in [-0.25, -0.2) is 4.98 Å². The van der Waals surface area contributed by atoms with Gasteiger partial charge in [0.25, 0.3) is 0 Å². The lowest BCUT2D eigenvalue weighted by Crippen LogP contribution is -2.31. The predicted octanol–water partition coefficient (Wildman–Crippen LogP) is 5.12. The van der Waals surface area contributed by atoms with Gasteiger partial charge < -0.3 is 15.5 Å². The maximum atomic E-state index is 6.41. The highest BCUT2D eigenvalue weighted by Crippen LogP contribution is 2.43. The van der Waals surface area contributed by atoms with E-state index in [1.165, 1.54) is 17.7 Å². The standard InChI is InChI=1S/C20H20ClN3OS/c1-2-13-18-20(26-19(13)14-7-3-4-8-15(14)22)16(10-17(21)24-18)23-11-12-6-5-9-25-12/h1,5-6,9-10,14-15H,3-4,7-8,11,22H2,(H,23,24)/t14-,15-/m0/s1. The average molecular weight is 386 g/mol. The Morgan fingerprint density at radius 2 is 2.27 bits per heavy atom. The summed E-state index contributed by atoms with van der Waals surface area (Å²) in [7, 11) is 0. The molecule has 3 aromatic rings. The van der Waals surface area contributed by atoms with Crippen molar-refractivity contribution in [2.24, 2.45) is 5.73 Å². The van der Waals surface area contributed by atoms with E-state index in [4.69, 9.17) is 28.2 Å². The third-order valence-corrected chi connectivity index (χ3v) is 6.51. The highest BCUT2D eigenvalue weighted by molar-refractivity contribution is 7.20. The van der Waals surface area contributed by atoms with E-state index in [0.717, 1.165) is 40.1 Å². The third kappa shape index (κ3) is 3.21. The van der Waals surface area contributed by atoms with Crippen molar-refractivity contribution in [3.05, 3.63) is 45.8 Å². The Morgan fingerprint density at radius 1 is 1.42 bits per heavy atom. The third-order valence-electron chi connectivity index (χ3n) is 4.97. The van der Waals surface area contributed by atoms with Gasteiger partial charge >= 0.3 is 0 Å². The van der Waals surface area contributed by atoms with E-state index in [1.807, 2.05) is 18.2 Å². The van der Waals surface area contributed by atoms with Crippen LogP contribution < -0.4 is 11.1 Å². The molecule has 0 spiro atoms. The molecule has 4 rings (SSSR count). The molecule has 0 saturated heterocycles. The molecule has 6 heteroatoms. The van der Waals surface area contributed by atoms with Crippen LogP contribution in [0.1, 0.15) is 47.8 Å². The zero-order chi connectivity index (χ0) is 18.1. The Kier molecular flexibility index (Phi) is 4.90. The number of furan rings is 1. The Balaban J connectivity index is 1.77. The van der Waals surface area contributed by atoms with Crippen LogP contribution >= 0.6 is 22.9 Å². The molecule has 1 aliphatic carbocycles. The largest absolute Gasteiger partial charge is 0.467 e. The first-order valence-electron chi connectivity index (χ1n) is 8.78. The molecule has 1 fully saturated rings. The molecule has 3 aromatic heterocycles. The Labute approximate surface area is 161 Å². The Morgan fingerprint density at radius 3 is 3.00 bits per heavy atom. The molecular weight excluding hydrogens is 366 g/mol. The van der Waals surface area contributed by atoms with Gasteiger partial charge in [0.15, 0.2) is 0 Å². The molecule has 134 valence electrons. The van der Waals surface area contributed by atoms with Gasteiger partial charge in [-0.3, -0.25) is 0 Å². The number of pyridine rings is 1. The molecule has 0 bridgehead atoms. The summed E-state index contributed by atoms with van der Waals surface area (Å²) < 4.78 is 6.43. The van der Waals surface area contributed by atoms with Crippen molar-refractivity contribution in [1.29, 1.82) is 0 Å². The minimum absolute atomic E-state index is 0.152. The molecule has 4 nitrogen and oxygen atoms in total. The van der Waals surface area contributed by atoms with Crippen LogP contribution in [-0.4, -0.2) is 11.0 Å². The second-order valence-electron chi connectivity index (χ2n) is 6.64. The minimum atomic E-state index is 0.152. The lowest BCUT2D eigenvalue weighted by atomic mass is 9.83. The van der Waals surface area contributed by atoms with Gasteiger partial charge in [-0.2, -0.15) is 0 Å². The first kappa shape index (κ1) is 17.4. The lowest BCUT2D eigenvalue weighted by Gasteiger charge is -2.28. The van der Waals surface area contributed by atoms with E-state index in [-0.39, 0.29) is 6.04 Å². The van der Waals surface area contributed by atoms with Crippen LogP contribution in [0.4, 0.5) is 5.69 Å². The van der Waals surface area contributed by atoms with Crippen molar-refractivity contribution in [2.45, 2.75) is 44.2 Å². The fourth-order valence-electron chi connectivity index (χ4n) is 3.66. The molecule has 0 radical (unpaired) electrons. The topological polar surface area (TPSA) is 64.1 Å². The number of nitrogens with zero attached hydrogens (tertiary/aromatic N) is 1. The maximum absolute atomic E-state index is 6.41. The van der Waals surface area contributed by atoms with E-state index in [1.54, 1.807) is 17.6 Å². The molecule has 3 N–H and O–H groups in total. The summed E-state index contributed by atoms with van der Waals surface area (Å²) >= 11 is 7.97. The monoisotopic (exact) mass is 385 g/mol. The normalized spacial score (nSPS) is 20.2. The highest BCUT2D eigenvalue weighted by atomic mass is 35.5. The van der Waals surface area contributed by atoms with Crippen molar-refractivity contribution < 1.29 is 4.42 Å². The molecule has 0 aliphatic heterocycles. The number of anilines is 1. The van der Waals surface area contributed by atoms with E-state index >= 15 is 0 Å². The van der Waals surface area contributed by atoms with E-state index in [2.05, 4.69) is 16.2 Å². The molecule has 0 aromatic carbocycles. The summed E-state index contributed by atoms with van der Waals surface area (Å²) in [6.45, 7) is 0.573. The first-order chi connectivity index (χ1) is 12.7. The number of terminal acetylenes is 1. The fraction of sp³-hybridized carbons (Fsp3) is 0.350. The number of fused-ring (bicyclic) bond motifs is 1. The summed E-state index contributed by atoms with van der Waals surface area (Å²) in [4.78, 5) is 5.69. The van der Waals surface area contributed by atoms with Crippen molar-refractivity contribution in [2.75, 3.05) is 5.32 Å². The zero-order valence-electron chi connectivity index (χ0n) is 14.3. The summed E-state index contributed by atoms with van der Waals surface area (Å²) in [5.41, 5.74) is 8.97. The molecule has 1 aliphatic rings. The number of hydrogen-bond donors (Lipinski definition) is 2. The predicted molar refractivity (Wildman–Crippen MR) is 108 cm³/mol. The van der Waals surface area contributed by atoms with Gasteiger partial charge in [-0.15, -0.1) is 17.8 Å². The van der Waals surface area contributed by atoms with E-state index in [9.17, 15) is 0 Å². The summed E-state index contributed by atoms with van der Waals surface area (Å²) in [5, 5.41) is 3.83. The van der Waals surface area contributed by atoms with E-state index < -0.39 is 0 Å². The quantitative estimate of drug-likeness (QED) is 0.483. The summed E-state index contributed by atoms with van der Waals surface area (Å²) in [6, 6.07) is 5.80. The molecule has 1 saturated carbocycles. The number of rotatable bonds is 4. The number of hydrogen-bond acceptors (Lipinski definition) is 5. The summed E-state index contributed by atoms with van der Waals surface area (Å²) in [5.74, 6) is 4.00. The summed E-state index contributed by atoms with van der Waals surface area (Å²) in [6.07, 6.45) is 12.0. The van der Waals surface area contributed by atoms with Crippen LogP contribution in [0.2, 0.25) is 5.15 Å². The Bertz CT molecular complexity index is 958. The second-order valence-corrected chi connectivity index (χ2v) is 8.08. The van der Waals surface area contributed by atoms with Gasteiger partial charge in [0.1, 0.15) is 16.4 Å². The fourth-order valence-corrected chi connectivity index (χ4v) is 5.27. The molecule has 0 unspecified atom stereocenters. The van der Waals surface area contributed by atoms with Crippen LogP contribution in [0.5, 0.6) is 0 Å². The molecular formula is C20H20ClN3OS. The molecule has 26 heavy (non-hydrogen) atoms. The SMILES string of the molecule is C#Cc1c([C@H]2CCCC[C@@H]2N)sc2c(NCc3ccco3)cc(Cl)nc12. The van der Waals surface area contributed by atoms with Crippen molar-refractivity contribution in [3.63, 3.8) is 0 Å². The lowest BCUT2D eigenvalue weighted by molar-refractivity contribution is 0.389. The van der Waals surface area contributed by atoms with Crippen LogP contribution in [-0.2, 0) is 6.54 Å². The van der Waals surface area contributed by atoms with Crippen molar-refractivity contribution >= 4 is 38.8 Å². The number of nitrogens with two attached hydrogens (primary N) is 1. The van der Waals surface area contributed by atoms with Crippen molar-refractivity contribution in [1.82, 2.24) is 4.98 Å². The molecule has 0 amide bonds. The van der Waals surface area contributed by atoms with Gasteiger partial charge in [0.05, 0.1) is 28.8 Å².